The highest BCUT2D eigenvalue weighted by Crippen LogP contribution is 2.28. The molecule has 1 amide bonds. The van der Waals surface area contributed by atoms with Gasteiger partial charge in [-0.1, -0.05) is 18.2 Å². The molecule has 2 aliphatic rings. The van der Waals surface area contributed by atoms with Crippen LogP contribution in [0.3, 0.4) is 0 Å². The minimum atomic E-state index is 0.243. The fraction of sp³-hybridized carbons (Fsp3) is 0.524. The van der Waals surface area contributed by atoms with Crippen molar-refractivity contribution in [1.82, 2.24) is 15.2 Å². The zero-order valence-corrected chi connectivity index (χ0v) is 16.4. The number of oxazole rings is 1. The Hall–Kier alpha value is -1.79. The Kier molecular flexibility index (Phi) is 6.14. The molecule has 4 rings (SSSR count). The second-order valence-corrected chi connectivity index (χ2v) is 8.50. The highest BCUT2D eigenvalue weighted by molar-refractivity contribution is 7.99. The van der Waals surface area contributed by atoms with Crippen molar-refractivity contribution in [3.8, 4) is 11.5 Å². The molecule has 1 saturated heterocycles. The summed E-state index contributed by atoms with van der Waals surface area (Å²) < 4.78 is 5.55. The summed E-state index contributed by atoms with van der Waals surface area (Å²) in [5.74, 6) is 3.00. The second-order valence-electron chi connectivity index (χ2n) is 7.51. The lowest BCUT2D eigenvalue weighted by atomic mass is 10.0. The summed E-state index contributed by atoms with van der Waals surface area (Å²) in [7, 11) is 0. The van der Waals surface area contributed by atoms with E-state index in [9.17, 15) is 4.79 Å². The van der Waals surface area contributed by atoms with Crippen LogP contribution >= 0.6 is 11.8 Å². The number of rotatable bonds is 8. The maximum Gasteiger partial charge on any atom is 0.232 e. The fourth-order valence-corrected chi connectivity index (χ4v) is 4.21. The average molecular weight is 386 g/mol. The summed E-state index contributed by atoms with van der Waals surface area (Å²) in [5.41, 5.74) is 1.86. The van der Waals surface area contributed by atoms with Crippen molar-refractivity contribution in [3.63, 3.8) is 0 Å². The molecule has 1 aromatic heterocycles. The van der Waals surface area contributed by atoms with Crippen molar-refractivity contribution in [3.05, 3.63) is 42.3 Å². The van der Waals surface area contributed by atoms with Crippen LogP contribution in [0.5, 0.6) is 0 Å². The Bertz CT molecular complexity index is 737. The molecule has 0 spiro atoms. The zero-order valence-electron chi connectivity index (χ0n) is 15.6. The summed E-state index contributed by atoms with van der Waals surface area (Å²) in [4.78, 5) is 19.0. The molecule has 0 unspecified atom stereocenters. The normalized spacial score (nSPS) is 18.0. The molecule has 2 fully saturated rings. The molecule has 1 N–H and O–H groups in total. The SMILES string of the molecule is O=C(CSCc1coc(-c2ccccc2)n1)N1CCC(NCC2CC2)CC1. The first-order valence-corrected chi connectivity index (χ1v) is 11.0. The quantitative estimate of drug-likeness (QED) is 0.753. The number of thioether (sulfide) groups is 1. The molecular weight excluding hydrogens is 358 g/mol. The summed E-state index contributed by atoms with van der Waals surface area (Å²) in [6.07, 6.45) is 6.62. The zero-order chi connectivity index (χ0) is 18.5. The molecule has 2 aromatic rings. The van der Waals surface area contributed by atoms with E-state index in [0.29, 0.717) is 23.4 Å². The van der Waals surface area contributed by atoms with Gasteiger partial charge in [0.15, 0.2) is 0 Å². The predicted molar refractivity (Wildman–Crippen MR) is 108 cm³/mol. The topological polar surface area (TPSA) is 58.4 Å². The number of carbonyl (C=O) groups is 1. The third-order valence-electron chi connectivity index (χ3n) is 5.29. The van der Waals surface area contributed by atoms with Crippen LogP contribution < -0.4 is 5.32 Å². The Balaban J connectivity index is 1.16. The molecule has 1 aromatic carbocycles. The van der Waals surface area contributed by atoms with E-state index < -0.39 is 0 Å². The number of amides is 1. The van der Waals surface area contributed by atoms with E-state index in [0.717, 1.165) is 49.7 Å². The molecule has 0 bridgehead atoms. The minimum absolute atomic E-state index is 0.243. The molecule has 144 valence electrons. The van der Waals surface area contributed by atoms with Crippen LogP contribution in [0.1, 0.15) is 31.4 Å². The van der Waals surface area contributed by atoms with Gasteiger partial charge in [0.05, 0.1) is 11.4 Å². The van der Waals surface area contributed by atoms with Crippen LogP contribution in [0.25, 0.3) is 11.5 Å². The Morgan fingerprint density at radius 1 is 1.19 bits per heavy atom. The van der Waals surface area contributed by atoms with Crippen LogP contribution in [0, 0.1) is 5.92 Å². The average Bonchev–Trinajstić information content (AvgIpc) is 3.43. The van der Waals surface area contributed by atoms with Crippen molar-refractivity contribution < 1.29 is 9.21 Å². The van der Waals surface area contributed by atoms with Gasteiger partial charge in [0, 0.05) is 30.4 Å². The summed E-state index contributed by atoms with van der Waals surface area (Å²) >= 11 is 1.61. The maximum atomic E-state index is 12.4. The van der Waals surface area contributed by atoms with Crippen molar-refractivity contribution >= 4 is 17.7 Å². The van der Waals surface area contributed by atoms with Gasteiger partial charge in [-0.25, -0.2) is 4.98 Å². The van der Waals surface area contributed by atoms with E-state index in [2.05, 4.69) is 10.3 Å². The minimum Gasteiger partial charge on any atom is -0.444 e. The number of nitrogens with zero attached hydrogens (tertiary/aromatic N) is 2. The molecule has 1 aliphatic carbocycles. The highest BCUT2D eigenvalue weighted by Gasteiger charge is 2.25. The Morgan fingerprint density at radius 3 is 2.70 bits per heavy atom. The van der Waals surface area contributed by atoms with Gasteiger partial charge in [0.1, 0.15) is 6.26 Å². The number of hydrogen-bond acceptors (Lipinski definition) is 5. The second kappa shape index (κ2) is 8.93. The van der Waals surface area contributed by atoms with E-state index in [4.69, 9.17) is 4.42 Å². The Morgan fingerprint density at radius 2 is 1.96 bits per heavy atom. The standard InChI is InChI=1S/C21H27N3O2S/c25-20(24-10-8-18(9-11-24)22-12-16-6-7-16)15-27-14-19-13-26-21(23-19)17-4-2-1-3-5-17/h1-5,13,16,18,22H,6-12,14-15H2. The highest BCUT2D eigenvalue weighted by atomic mass is 32.2. The van der Waals surface area contributed by atoms with Crippen molar-refractivity contribution in [1.29, 1.82) is 0 Å². The molecule has 2 heterocycles. The van der Waals surface area contributed by atoms with Gasteiger partial charge in [0.2, 0.25) is 11.8 Å². The molecule has 6 heteroatoms. The van der Waals surface area contributed by atoms with Crippen molar-refractivity contribution in [2.75, 3.05) is 25.4 Å². The van der Waals surface area contributed by atoms with Gasteiger partial charge >= 0.3 is 0 Å². The molecule has 5 nitrogen and oxygen atoms in total. The Labute approximate surface area is 164 Å². The van der Waals surface area contributed by atoms with Gasteiger partial charge in [-0.2, -0.15) is 0 Å². The fourth-order valence-electron chi connectivity index (χ4n) is 3.41. The third kappa shape index (κ3) is 5.36. The number of likely N-dealkylation sites (tertiary alicyclic amines) is 1. The lowest BCUT2D eigenvalue weighted by Crippen LogP contribution is -2.45. The lowest BCUT2D eigenvalue weighted by Gasteiger charge is -2.32. The first kappa shape index (κ1) is 18.6. The summed E-state index contributed by atoms with van der Waals surface area (Å²) in [6.45, 7) is 2.92. The summed E-state index contributed by atoms with van der Waals surface area (Å²) in [6, 6.07) is 10.5. The van der Waals surface area contributed by atoms with Crippen LogP contribution in [-0.2, 0) is 10.5 Å². The monoisotopic (exact) mass is 385 g/mol. The number of nitrogens with one attached hydrogen (secondary N) is 1. The molecule has 1 aliphatic heterocycles. The smallest absolute Gasteiger partial charge is 0.232 e. The van der Waals surface area contributed by atoms with Gasteiger partial charge in [-0.15, -0.1) is 11.8 Å². The van der Waals surface area contributed by atoms with Gasteiger partial charge in [-0.05, 0) is 50.3 Å². The number of carbonyl (C=O) groups excluding carboxylic acids is 1. The molecule has 0 atom stereocenters. The van der Waals surface area contributed by atoms with Crippen LogP contribution in [-0.4, -0.2) is 47.2 Å². The number of aromatic nitrogens is 1. The largest absolute Gasteiger partial charge is 0.444 e. The van der Waals surface area contributed by atoms with E-state index in [1.165, 1.54) is 12.8 Å². The molecule has 0 radical (unpaired) electrons. The van der Waals surface area contributed by atoms with Gasteiger partial charge in [0.25, 0.3) is 0 Å². The van der Waals surface area contributed by atoms with E-state index in [-0.39, 0.29) is 5.91 Å². The van der Waals surface area contributed by atoms with Gasteiger partial charge in [-0.3, -0.25) is 4.79 Å². The summed E-state index contributed by atoms with van der Waals surface area (Å²) in [5, 5.41) is 3.66. The van der Waals surface area contributed by atoms with Gasteiger partial charge < -0.3 is 14.6 Å². The number of piperidine rings is 1. The predicted octanol–water partition coefficient (Wildman–Crippen LogP) is 3.57. The lowest BCUT2D eigenvalue weighted by molar-refractivity contribution is -0.129. The van der Waals surface area contributed by atoms with Crippen molar-refractivity contribution in [2.45, 2.75) is 37.5 Å². The number of hydrogen-bond donors (Lipinski definition) is 1. The third-order valence-corrected chi connectivity index (χ3v) is 6.24. The molecular formula is C21H27N3O2S. The number of benzene rings is 1. The molecule has 1 saturated carbocycles. The van der Waals surface area contributed by atoms with Crippen LogP contribution in [0.2, 0.25) is 0 Å². The van der Waals surface area contributed by atoms with Crippen LogP contribution in [0.15, 0.2) is 41.0 Å². The van der Waals surface area contributed by atoms with E-state index in [1.54, 1.807) is 18.0 Å². The first-order chi connectivity index (χ1) is 13.3. The molecule has 27 heavy (non-hydrogen) atoms. The van der Waals surface area contributed by atoms with Crippen molar-refractivity contribution in [2.24, 2.45) is 5.92 Å². The van der Waals surface area contributed by atoms with Crippen LogP contribution in [0.4, 0.5) is 0 Å². The van der Waals surface area contributed by atoms with E-state index >= 15 is 0 Å². The maximum absolute atomic E-state index is 12.4. The first-order valence-electron chi connectivity index (χ1n) is 9.86. The van der Waals surface area contributed by atoms with E-state index in [1.807, 2.05) is 35.2 Å².